The average molecular weight is 254 g/mol. The van der Waals surface area contributed by atoms with Crippen molar-refractivity contribution in [1.82, 2.24) is 0 Å². The van der Waals surface area contributed by atoms with Gasteiger partial charge in [-0.2, -0.15) is 0 Å². The van der Waals surface area contributed by atoms with Crippen LogP contribution in [-0.4, -0.2) is 23.8 Å². The SMILES string of the molecule is CCCCCC1OC(CC)C(=O)CCCCC1=O. The highest BCUT2D eigenvalue weighted by Gasteiger charge is 2.27. The summed E-state index contributed by atoms with van der Waals surface area (Å²) >= 11 is 0. The Kier molecular flexibility index (Phi) is 7.18. The van der Waals surface area contributed by atoms with Crippen molar-refractivity contribution >= 4 is 11.6 Å². The lowest BCUT2D eigenvalue weighted by Gasteiger charge is -2.21. The molecule has 0 aromatic rings. The summed E-state index contributed by atoms with van der Waals surface area (Å²) in [6, 6.07) is 0. The van der Waals surface area contributed by atoms with Crippen LogP contribution in [0.3, 0.4) is 0 Å². The first-order valence-corrected chi connectivity index (χ1v) is 7.39. The second-order valence-electron chi connectivity index (χ2n) is 5.16. The molecule has 0 bridgehead atoms. The van der Waals surface area contributed by atoms with Gasteiger partial charge in [0.15, 0.2) is 11.6 Å². The number of unbranched alkanes of at least 4 members (excludes halogenated alkanes) is 2. The molecular weight excluding hydrogens is 228 g/mol. The van der Waals surface area contributed by atoms with Crippen LogP contribution in [0.1, 0.15) is 71.6 Å². The van der Waals surface area contributed by atoms with Gasteiger partial charge in [-0.1, -0.05) is 33.1 Å². The molecule has 3 heteroatoms. The Bertz CT molecular complexity index is 273. The van der Waals surface area contributed by atoms with Gasteiger partial charge < -0.3 is 4.74 Å². The number of Topliss-reactive ketones (excluding diaryl/α,β-unsaturated/α-hetero) is 2. The molecule has 0 aromatic heterocycles. The summed E-state index contributed by atoms with van der Waals surface area (Å²) in [6.07, 6.45) is 6.80. The Morgan fingerprint density at radius 3 is 2.17 bits per heavy atom. The molecule has 1 aliphatic rings. The second kappa shape index (κ2) is 8.41. The van der Waals surface area contributed by atoms with Crippen LogP contribution in [0.15, 0.2) is 0 Å². The predicted octanol–water partition coefficient (Wildman–Crippen LogP) is 3.44. The molecule has 3 nitrogen and oxygen atoms in total. The molecule has 0 aliphatic carbocycles. The Balaban J connectivity index is 2.62. The van der Waals surface area contributed by atoms with E-state index >= 15 is 0 Å². The molecule has 0 spiro atoms. The number of ether oxygens (including phenoxy) is 1. The lowest BCUT2D eigenvalue weighted by atomic mass is 10.0. The van der Waals surface area contributed by atoms with E-state index in [0.717, 1.165) is 38.5 Å². The summed E-state index contributed by atoms with van der Waals surface area (Å²) < 4.78 is 5.79. The lowest BCUT2D eigenvalue weighted by molar-refractivity contribution is -0.143. The molecule has 1 fully saturated rings. The van der Waals surface area contributed by atoms with Crippen LogP contribution in [0, 0.1) is 0 Å². The van der Waals surface area contributed by atoms with Crippen molar-refractivity contribution in [2.75, 3.05) is 0 Å². The van der Waals surface area contributed by atoms with Crippen LogP contribution < -0.4 is 0 Å². The van der Waals surface area contributed by atoms with E-state index in [4.69, 9.17) is 4.74 Å². The Labute approximate surface area is 110 Å². The quantitative estimate of drug-likeness (QED) is 0.706. The third-order valence-electron chi connectivity index (χ3n) is 3.58. The monoisotopic (exact) mass is 254 g/mol. The molecule has 104 valence electrons. The van der Waals surface area contributed by atoms with Gasteiger partial charge in [0.25, 0.3) is 0 Å². The highest BCUT2D eigenvalue weighted by atomic mass is 16.5. The zero-order chi connectivity index (χ0) is 13.4. The molecule has 1 saturated heterocycles. The topological polar surface area (TPSA) is 43.4 Å². The van der Waals surface area contributed by atoms with Crippen LogP contribution >= 0.6 is 0 Å². The van der Waals surface area contributed by atoms with E-state index in [0.29, 0.717) is 19.3 Å². The van der Waals surface area contributed by atoms with Crippen molar-refractivity contribution in [1.29, 1.82) is 0 Å². The van der Waals surface area contributed by atoms with Crippen molar-refractivity contribution < 1.29 is 14.3 Å². The molecule has 1 rings (SSSR count). The van der Waals surface area contributed by atoms with Crippen molar-refractivity contribution in [3.05, 3.63) is 0 Å². The summed E-state index contributed by atoms with van der Waals surface area (Å²) in [5, 5.41) is 0. The van der Waals surface area contributed by atoms with Gasteiger partial charge in [0, 0.05) is 12.8 Å². The van der Waals surface area contributed by atoms with Crippen LogP contribution in [0.25, 0.3) is 0 Å². The van der Waals surface area contributed by atoms with Crippen LogP contribution in [0.2, 0.25) is 0 Å². The van der Waals surface area contributed by atoms with Gasteiger partial charge >= 0.3 is 0 Å². The third-order valence-corrected chi connectivity index (χ3v) is 3.58. The number of carbonyl (C=O) groups excluding carboxylic acids is 2. The maximum atomic E-state index is 12.0. The molecule has 18 heavy (non-hydrogen) atoms. The fourth-order valence-corrected chi connectivity index (χ4v) is 2.40. The number of hydrogen-bond acceptors (Lipinski definition) is 3. The predicted molar refractivity (Wildman–Crippen MR) is 71.6 cm³/mol. The molecule has 0 radical (unpaired) electrons. The third kappa shape index (κ3) is 4.89. The van der Waals surface area contributed by atoms with E-state index in [1.54, 1.807) is 0 Å². The van der Waals surface area contributed by atoms with Crippen molar-refractivity contribution in [2.45, 2.75) is 83.8 Å². The summed E-state index contributed by atoms with van der Waals surface area (Å²) in [4.78, 5) is 23.9. The number of ketones is 2. The minimum absolute atomic E-state index is 0.174. The first kappa shape index (κ1) is 15.4. The van der Waals surface area contributed by atoms with E-state index in [2.05, 4.69) is 6.92 Å². The lowest BCUT2D eigenvalue weighted by Crippen LogP contribution is -2.32. The summed E-state index contributed by atoms with van der Waals surface area (Å²) in [6.45, 7) is 4.10. The first-order valence-electron chi connectivity index (χ1n) is 7.39. The number of carbonyl (C=O) groups is 2. The Hall–Kier alpha value is -0.700. The minimum Gasteiger partial charge on any atom is -0.359 e. The smallest absolute Gasteiger partial charge is 0.161 e. The van der Waals surface area contributed by atoms with Crippen LogP contribution in [-0.2, 0) is 14.3 Å². The molecule has 1 aliphatic heterocycles. The maximum absolute atomic E-state index is 12.0. The second-order valence-corrected chi connectivity index (χ2v) is 5.16. The van der Waals surface area contributed by atoms with Gasteiger partial charge in [-0.15, -0.1) is 0 Å². The summed E-state index contributed by atoms with van der Waals surface area (Å²) in [5.41, 5.74) is 0. The van der Waals surface area contributed by atoms with Gasteiger partial charge in [-0.25, -0.2) is 0 Å². The molecular formula is C15H26O3. The van der Waals surface area contributed by atoms with Gasteiger partial charge in [0.05, 0.1) is 0 Å². The highest BCUT2D eigenvalue weighted by molar-refractivity contribution is 5.86. The maximum Gasteiger partial charge on any atom is 0.161 e. The molecule has 0 amide bonds. The van der Waals surface area contributed by atoms with Crippen LogP contribution in [0.4, 0.5) is 0 Å². The van der Waals surface area contributed by atoms with Gasteiger partial charge in [0.1, 0.15) is 12.2 Å². The van der Waals surface area contributed by atoms with Gasteiger partial charge in [0.2, 0.25) is 0 Å². The fourth-order valence-electron chi connectivity index (χ4n) is 2.40. The standard InChI is InChI=1S/C15H26O3/c1-3-5-6-11-15-13(17)10-8-7-9-12(16)14(4-2)18-15/h14-15H,3-11H2,1-2H3. The highest BCUT2D eigenvalue weighted by Crippen LogP contribution is 2.19. The fraction of sp³-hybridized carbons (Fsp3) is 0.867. The van der Waals surface area contributed by atoms with Crippen molar-refractivity contribution in [3.8, 4) is 0 Å². The van der Waals surface area contributed by atoms with Crippen molar-refractivity contribution in [2.24, 2.45) is 0 Å². The minimum atomic E-state index is -0.362. The van der Waals surface area contributed by atoms with E-state index in [1.807, 2.05) is 6.92 Å². The van der Waals surface area contributed by atoms with E-state index in [-0.39, 0.29) is 23.8 Å². The number of rotatable bonds is 5. The normalized spacial score (nSPS) is 26.6. The average Bonchev–Trinajstić information content (AvgIpc) is 2.43. The molecule has 2 unspecified atom stereocenters. The van der Waals surface area contributed by atoms with Gasteiger partial charge in [-0.3, -0.25) is 9.59 Å². The van der Waals surface area contributed by atoms with Crippen LogP contribution in [0.5, 0.6) is 0 Å². The summed E-state index contributed by atoms with van der Waals surface area (Å²) in [5.74, 6) is 0.368. The van der Waals surface area contributed by atoms with E-state index in [9.17, 15) is 9.59 Å². The summed E-state index contributed by atoms with van der Waals surface area (Å²) in [7, 11) is 0. The Morgan fingerprint density at radius 1 is 1.00 bits per heavy atom. The largest absolute Gasteiger partial charge is 0.359 e. The first-order chi connectivity index (χ1) is 8.69. The zero-order valence-electron chi connectivity index (χ0n) is 11.7. The molecule has 0 N–H and O–H groups in total. The van der Waals surface area contributed by atoms with E-state index < -0.39 is 0 Å². The van der Waals surface area contributed by atoms with Gasteiger partial charge in [-0.05, 0) is 25.7 Å². The number of hydrogen-bond donors (Lipinski definition) is 0. The Morgan fingerprint density at radius 2 is 1.61 bits per heavy atom. The van der Waals surface area contributed by atoms with E-state index in [1.165, 1.54) is 0 Å². The molecule has 0 aromatic carbocycles. The molecule has 0 saturated carbocycles. The zero-order valence-corrected chi connectivity index (χ0v) is 11.7. The van der Waals surface area contributed by atoms with Crippen molar-refractivity contribution in [3.63, 3.8) is 0 Å². The molecule has 2 atom stereocenters. The molecule has 1 heterocycles.